The Kier molecular flexibility index (Phi) is 5.39. The van der Waals surface area contributed by atoms with Crippen molar-refractivity contribution in [3.8, 4) is 0 Å². The average Bonchev–Trinajstić information content (AvgIpc) is 2.11. The quantitative estimate of drug-likeness (QED) is 0.662. The summed E-state index contributed by atoms with van der Waals surface area (Å²) in [6.45, 7) is 5.05. The van der Waals surface area contributed by atoms with E-state index in [-0.39, 0.29) is 0 Å². The minimum atomic E-state index is 0.890. The molecule has 0 heterocycles. The Balaban J connectivity index is 4.61. The monoisotopic (exact) mass is 183 g/mol. The molecular weight excluding hydrogens is 162 g/mol. The molecule has 0 aromatic heterocycles. The van der Waals surface area contributed by atoms with Crippen molar-refractivity contribution in [1.29, 1.82) is 0 Å². The first-order chi connectivity index (χ1) is 6.02. The Morgan fingerprint density at radius 2 is 1.85 bits per heavy atom. The van der Waals surface area contributed by atoms with E-state index >= 15 is 0 Å². The second-order valence-corrected chi connectivity index (χ2v) is 3.41. The van der Waals surface area contributed by atoms with Crippen LogP contribution in [0.2, 0.25) is 0 Å². The van der Waals surface area contributed by atoms with Crippen LogP contribution in [0.15, 0.2) is 16.3 Å². The largest absolute Gasteiger partial charge is 0.391 e. The van der Waals surface area contributed by atoms with Crippen molar-refractivity contribution >= 4 is 5.71 Å². The van der Waals surface area contributed by atoms with Crippen LogP contribution >= 0.6 is 0 Å². The van der Waals surface area contributed by atoms with Gasteiger partial charge >= 0.3 is 0 Å². The van der Waals surface area contributed by atoms with Crippen LogP contribution in [0.1, 0.15) is 13.8 Å². The Morgan fingerprint density at radius 3 is 2.15 bits per heavy atom. The van der Waals surface area contributed by atoms with Gasteiger partial charge in [-0.15, -0.1) is 0 Å². The fourth-order valence-corrected chi connectivity index (χ4v) is 1.06. The van der Waals surface area contributed by atoms with Crippen LogP contribution in [0.5, 0.6) is 0 Å². The number of allylic oxidation sites excluding steroid dienone is 1. The lowest BCUT2D eigenvalue weighted by Crippen LogP contribution is -2.24. The fraction of sp³-hybridized carbons (Fsp3) is 0.700. The summed E-state index contributed by atoms with van der Waals surface area (Å²) in [5, 5.41) is 3.13. The van der Waals surface area contributed by atoms with Crippen LogP contribution in [0, 0.1) is 0 Å². The van der Waals surface area contributed by atoms with Gasteiger partial charge in [0.25, 0.3) is 0 Å². The summed E-state index contributed by atoms with van der Waals surface area (Å²) in [5.41, 5.74) is 3.55. The molecule has 0 saturated carbocycles. The topological polar surface area (TPSA) is 27.6 Å². The first-order valence-corrected chi connectivity index (χ1v) is 4.49. The van der Waals surface area contributed by atoms with Gasteiger partial charge in [-0.2, -0.15) is 0 Å². The molecule has 0 fully saturated rings. The van der Waals surface area contributed by atoms with Gasteiger partial charge in [0.1, 0.15) is 0 Å². The molecular formula is C10H21N3. The van der Waals surface area contributed by atoms with E-state index in [4.69, 9.17) is 0 Å². The van der Waals surface area contributed by atoms with Gasteiger partial charge in [-0.25, -0.2) is 0 Å². The highest BCUT2D eigenvalue weighted by atomic mass is 15.1. The SMILES string of the molecule is CN=C(CN(C)C)/C(C)=C(\C)NC. The van der Waals surface area contributed by atoms with Crippen molar-refractivity contribution < 1.29 is 0 Å². The van der Waals surface area contributed by atoms with Crippen LogP contribution in [0.4, 0.5) is 0 Å². The molecule has 0 aliphatic carbocycles. The third-order valence-electron chi connectivity index (χ3n) is 2.11. The van der Waals surface area contributed by atoms with Crippen LogP contribution in [-0.2, 0) is 0 Å². The van der Waals surface area contributed by atoms with E-state index in [0.717, 1.165) is 12.3 Å². The van der Waals surface area contributed by atoms with Gasteiger partial charge in [0.15, 0.2) is 0 Å². The average molecular weight is 183 g/mol. The molecule has 0 amide bonds. The van der Waals surface area contributed by atoms with E-state index in [0.29, 0.717) is 0 Å². The fourth-order valence-electron chi connectivity index (χ4n) is 1.06. The van der Waals surface area contributed by atoms with E-state index in [2.05, 4.69) is 29.1 Å². The van der Waals surface area contributed by atoms with Crippen LogP contribution < -0.4 is 5.32 Å². The van der Waals surface area contributed by atoms with Gasteiger partial charge in [0.05, 0.1) is 5.71 Å². The predicted octanol–water partition coefficient (Wildman–Crippen LogP) is 1.13. The number of nitrogens with zero attached hydrogens (tertiary/aromatic N) is 2. The lowest BCUT2D eigenvalue weighted by Gasteiger charge is -2.14. The van der Waals surface area contributed by atoms with Gasteiger partial charge in [-0.1, -0.05) is 0 Å². The Morgan fingerprint density at radius 1 is 1.31 bits per heavy atom. The smallest absolute Gasteiger partial charge is 0.0531 e. The first kappa shape index (κ1) is 12.2. The third-order valence-corrected chi connectivity index (χ3v) is 2.11. The summed E-state index contributed by atoms with van der Waals surface area (Å²) < 4.78 is 0. The van der Waals surface area contributed by atoms with Crippen molar-refractivity contribution in [2.75, 3.05) is 34.7 Å². The zero-order valence-corrected chi connectivity index (χ0v) is 9.60. The zero-order valence-electron chi connectivity index (χ0n) is 9.60. The van der Waals surface area contributed by atoms with Gasteiger partial charge in [-0.05, 0) is 33.5 Å². The number of hydrogen-bond acceptors (Lipinski definition) is 3. The van der Waals surface area contributed by atoms with Crippen LogP contribution in [0.25, 0.3) is 0 Å². The molecule has 0 aliphatic heterocycles. The summed E-state index contributed by atoms with van der Waals surface area (Å²) >= 11 is 0. The summed E-state index contributed by atoms with van der Waals surface area (Å²) in [7, 11) is 7.87. The minimum absolute atomic E-state index is 0.890. The second kappa shape index (κ2) is 5.75. The number of aliphatic imine (C=N–C) groups is 1. The van der Waals surface area contributed by atoms with E-state index in [1.54, 1.807) is 0 Å². The Hall–Kier alpha value is -0.830. The molecule has 1 N–H and O–H groups in total. The molecule has 0 unspecified atom stereocenters. The standard InChI is InChI=1S/C10H21N3/c1-8(9(2)11-3)10(12-4)7-13(5)6/h11H,7H2,1-6H3/b9-8+,12-10?. The maximum Gasteiger partial charge on any atom is 0.0531 e. The summed E-state index contributed by atoms with van der Waals surface area (Å²) in [5.74, 6) is 0. The number of rotatable bonds is 4. The number of nitrogens with one attached hydrogen (secondary N) is 1. The van der Waals surface area contributed by atoms with E-state index in [1.165, 1.54) is 11.3 Å². The number of hydrogen-bond donors (Lipinski definition) is 1. The highest BCUT2D eigenvalue weighted by Crippen LogP contribution is 2.03. The molecule has 0 aromatic rings. The predicted molar refractivity (Wildman–Crippen MR) is 59.3 cm³/mol. The zero-order chi connectivity index (χ0) is 10.4. The summed E-state index contributed by atoms with van der Waals surface area (Å²) in [6.07, 6.45) is 0. The lowest BCUT2D eigenvalue weighted by molar-refractivity contribution is 0.469. The maximum absolute atomic E-state index is 4.27. The van der Waals surface area contributed by atoms with Gasteiger partial charge in [0.2, 0.25) is 0 Å². The molecule has 0 rings (SSSR count). The minimum Gasteiger partial charge on any atom is -0.391 e. The Labute approximate surface area is 81.5 Å². The summed E-state index contributed by atoms with van der Waals surface area (Å²) in [4.78, 5) is 6.39. The molecule has 0 bridgehead atoms. The molecule has 0 atom stereocenters. The van der Waals surface area contributed by atoms with Crippen LogP contribution in [-0.4, -0.2) is 45.3 Å². The molecule has 3 nitrogen and oxygen atoms in total. The molecule has 3 heteroatoms. The molecule has 0 spiro atoms. The molecule has 0 aliphatic rings. The van der Waals surface area contributed by atoms with Crippen LogP contribution in [0.3, 0.4) is 0 Å². The molecule has 13 heavy (non-hydrogen) atoms. The van der Waals surface area contributed by atoms with Gasteiger partial charge < -0.3 is 10.2 Å². The Bertz CT molecular complexity index is 214. The third kappa shape index (κ3) is 4.08. The second-order valence-electron chi connectivity index (χ2n) is 3.41. The lowest BCUT2D eigenvalue weighted by atomic mass is 10.1. The molecule has 0 saturated heterocycles. The molecule has 0 aromatic carbocycles. The normalized spacial score (nSPS) is 14.5. The molecule has 0 radical (unpaired) electrons. The van der Waals surface area contributed by atoms with E-state index in [9.17, 15) is 0 Å². The van der Waals surface area contributed by atoms with Crippen molar-refractivity contribution in [1.82, 2.24) is 10.2 Å². The van der Waals surface area contributed by atoms with E-state index < -0.39 is 0 Å². The molecule has 76 valence electrons. The van der Waals surface area contributed by atoms with Gasteiger partial charge in [0, 0.05) is 26.3 Å². The van der Waals surface area contributed by atoms with Gasteiger partial charge in [-0.3, -0.25) is 4.99 Å². The van der Waals surface area contributed by atoms with Crippen molar-refractivity contribution in [3.63, 3.8) is 0 Å². The van der Waals surface area contributed by atoms with E-state index in [1.807, 2.05) is 28.2 Å². The summed E-state index contributed by atoms with van der Waals surface area (Å²) in [6, 6.07) is 0. The van der Waals surface area contributed by atoms with Crippen molar-refractivity contribution in [2.45, 2.75) is 13.8 Å². The highest BCUT2D eigenvalue weighted by Gasteiger charge is 2.05. The van der Waals surface area contributed by atoms with Crippen molar-refractivity contribution in [2.24, 2.45) is 4.99 Å². The maximum atomic E-state index is 4.27. The highest BCUT2D eigenvalue weighted by molar-refractivity contribution is 6.01. The first-order valence-electron chi connectivity index (χ1n) is 4.49. The van der Waals surface area contributed by atoms with Crippen molar-refractivity contribution in [3.05, 3.63) is 11.3 Å².